The maximum atomic E-state index is 12.1. The highest BCUT2D eigenvalue weighted by atomic mass is 32.3. The summed E-state index contributed by atoms with van der Waals surface area (Å²) in [6, 6.07) is 4.56. The van der Waals surface area contributed by atoms with Gasteiger partial charge in [-0.05, 0) is 12.1 Å². The standard InChI is InChI=1S/C7H7FO6S2/c1-15(9,10)13-6-3-2-4-7(5-6)14-16(8,11)12/h2-5H,1H3. The van der Waals surface area contributed by atoms with Crippen molar-refractivity contribution in [2.75, 3.05) is 6.26 Å². The van der Waals surface area contributed by atoms with E-state index in [0.29, 0.717) is 0 Å². The van der Waals surface area contributed by atoms with Gasteiger partial charge in [-0.15, -0.1) is 0 Å². The lowest BCUT2D eigenvalue weighted by Crippen LogP contribution is -2.06. The Bertz CT molecular complexity index is 527. The smallest absolute Gasteiger partial charge is 0.382 e. The van der Waals surface area contributed by atoms with Crippen LogP contribution in [0.25, 0.3) is 0 Å². The van der Waals surface area contributed by atoms with Gasteiger partial charge in [-0.2, -0.15) is 16.8 Å². The van der Waals surface area contributed by atoms with Gasteiger partial charge < -0.3 is 8.37 Å². The van der Waals surface area contributed by atoms with Crippen LogP contribution in [-0.2, 0) is 20.6 Å². The van der Waals surface area contributed by atoms with Gasteiger partial charge in [0.1, 0.15) is 11.5 Å². The van der Waals surface area contributed by atoms with E-state index in [4.69, 9.17) is 0 Å². The summed E-state index contributed by atoms with van der Waals surface area (Å²) in [6.07, 6.45) is 0.812. The van der Waals surface area contributed by atoms with Crippen molar-refractivity contribution in [2.45, 2.75) is 0 Å². The zero-order valence-corrected chi connectivity index (χ0v) is 9.59. The van der Waals surface area contributed by atoms with Gasteiger partial charge >= 0.3 is 20.6 Å². The fourth-order valence-corrected chi connectivity index (χ4v) is 1.65. The van der Waals surface area contributed by atoms with Gasteiger partial charge in [-0.1, -0.05) is 9.95 Å². The van der Waals surface area contributed by atoms with Crippen molar-refractivity contribution in [2.24, 2.45) is 0 Å². The Kier molecular flexibility index (Phi) is 3.38. The number of benzene rings is 1. The molecule has 16 heavy (non-hydrogen) atoms. The summed E-state index contributed by atoms with van der Waals surface area (Å²) in [4.78, 5) is 0. The van der Waals surface area contributed by atoms with Crippen molar-refractivity contribution in [3.05, 3.63) is 24.3 Å². The molecule has 0 saturated heterocycles. The Balaban J connectivity index is 2.96. The monoisotopic (exact) mass is 270 g/mol. The molecule has 0 aliphatic heterocycles. The second kappa shape index (κ2) is 4.26. The van der Waals surface area contributed by atoms with E-state index in [2.05, 4.69) is 8.37 Å². The van der Waals surface area contributed by atoms with Crippen LogP contribution in [0.4, 0.5) is 3.89 Å². The molecule has 0 spiro atoms. The highest BCUT2D eigenvalue weighted by molar-refractivity contribution is 7.86. The molecule has 0 bridgehead atoms. The fraction of sp³-hybridized carbons (Fsp3) is 0.143. The van der Waals surface area contributed by atoms with Gasteiger partial charge in [0.15, 0.2) is 0 Å². The van der Waals surface area contributed by atoms with Crippen LogP contribution in [0.2, 0.25) is 0 Å². The molecule has 0 amide bonds. The molecule has 0 radical (unpaired) electrons. The van der Waals surface area contributed by atoms with Gasteiger partial charge in [0.25, 0.3) is 0 Å². The highest BCUT2D eigenvalue weighted by Crippen LogP contribution is 2.21. The quantitative estimate of drug-likeness (QED) is 0.588. The van der Waals surface area contributed by atoms with E-state index in [0.717, 1.165) is 18.4 Å². The third-order valence-electron chi connectivity index (χ3n) is 1.25. The Morgan fingerprint density at radius 1 is 1.06 bits per heavy atom. The first-order valence-corrected chi connectivity index (χ1v) is 6.92. The molecule has 6 nitrogen and oxygen atoms in total. The van der Waals surface area contributed by atoms with E-state index in [1.807, 2.05) is 0 Å². The van der Waals surface area contributed by atoms with E-state index in [1.54, 1.807) is 0 Å². The number of halogens is 1. The molecule has 90 valence electrons. The van der Waals surface area contributed by atoms with Crippen LogP contribution in [0, 0.1) is 0 Å². The van der Waals surface area contributed by atoms with Crippen molar-refractivity contribution in [3.8, 4) is 11.5 Å². The van der Waals surface area contributed by atoms with Crippen molar-refractivity contribution in [1.82, 2.24) is 0 Å². The molecule has 0 unspecified atom stereocenters. The van der Waals surface area contributed by atoms with Crippen LogP contribution in [0.3, 0.4) is 0 Å². The number of hydrogen-bond donors (Lipinski definition) is 0. The SMILES string of the molecule is CS(=O)(=O)Oc1cccc(OS(=O)(=O)F)c1. The van der Waals surface area contributed by atoms with Crippen LogP contribution in [0.5, 0.6) is 11.5 Å². The lowest BCUT2D eigenvalue weighted by Gasteiger charge is -2.04. The lowest BCUT2D eigenvalue weighted by atomic mass is 10.3. The minimum absolute atomic E-state index is 0.177. The van der Waals surface area contributed by atoms with Crippen LogP contribution >= 0.6 is 0 Å². The summed E-state index contributed by atoms with van der Waals surface area (Å²) >= 11 is 0. The third-order valence-corrected chi connectivity index (χ3v) is 2.14. The third kappa shape index (κ3) is 4.94. The number of rotatable bonds is 4. The molecule has 1 rings (SSSR count). The maximum Gasteiger partial charge on any atom is 0.488 e. The van der Waals surface area contributed by atoms with Crippen LogP contribution < -0.4 is 8.37 Å². The molecule has 1 aromatic rings. The zero-order valence-electron chi connectivity index (χ0n) is 7.95. The van der Waals surface area contributed by atoms with Gasteiger partial charge in [0.2, 0.25) is 0 Å². The van der Waals surface area contributed by atoms with Crippen molar-refractivity contribution < 1.29 is 29.1 Å². The van der Waals surface area contributed by atoms with E-state index in [1.165, 1.54) is 12.1 Å². The minimum atomic E-state index is -5.14. The van der Waals surface area contributed by atoms with E-state index in [9.17, 15) is 20.7 Å². The van der Waals surface area contributed by atoms with Gasteiger partial charge in [-0.3, -0.25) is 0 Å². The molecule has 1 aromatic carbocycles. The van der Waals surface area contributed by atoms with Crippen molar-refractivity contribution in [3.63, 3.8) is 0 Å². The molecular formula is C7H7FO6S2. The summed E-state index contributed by atoms with van der Waals surface area (Å²) in [5.41, 5.74) is 0. The van der Waals surface area contributed by atoms with E-state index in [-0.39, 0.29) is 11.5 Å². The van der Waals surface area contributed by atoms with Crippen LogP contribution in [-0.4, -0.2) is 23.1 Å². The Labute approximate surface area is 92.2 Å². The summed E-state index contributed by atoms with van der Waals surface area (Å²) in [6.45, 7) is 0. The predicted octanol–water partition coefficient (Wildman–Crippen LogP) is 0.618. The topological polar surface area (TPSA) is 86.7 Å². The molecule has 0 aromatic heterocycles. The molecule has 9 heteroatoms. The highest BCUT2D eigenvalue weighted by Gasteiger charge is 2.11. The average Bonchev–Trinajstić information content (AvgIpc) is 1.96. The molecule has 0 aliphatic carbocycles. The summed E-state index contributed by atoms with van der Waals surface area (Å²) in [5, 5.41) is 0. The Hall–Kier alpha value is -1.35. The lowest BCUT2D eigenvalue weighted by molar-refractivity contribution is 0.439. The number of hydrogen-bond acceptors (Lipinski definition) is 6. The summed E-state index contributed by atoms with van der Waals surface area (Å²) < 4.78 is 62.2. The van der Waals surface area contributed by atoms with Gasteiger partial charge in [-0.25, -0.2) is 0 Å². The van der Waals surface area contributed by atoms with Crippen LogP contribution in [0.1, 0.15) is 0 Å². The molecule has 0 atom stereocenters. The van der Waals surface area contributed by atoms with Crippen LogP contribution in [0.15, 0.2) is 24.3 Å². The molecule has 0 aliphatic rings. The van der Waals surface area contributed by atoms with Gasteiger partial charge in [0.05, 0.1) is 6.26 Å². The molecule has 0 fully saturated rings. The van der Waals surface area contributed by atoms with Gasteiger partial charge in [0, 0.05) is 6.07 Å². The minimum Gasteiger partial charge on any atom is -0.382 e. The first-order chi connectivity index (χ1) is 7.16. The van der Waals surface area contributed by atoms with E-state index >= 15 is 0 Å². The van der Waals surface area contributed by atoms with Crippen molar-refractivity contribution in [1.29, 1.82) is 0 Å². The summed E-state index contributed by atoms with van der Waals surface area (Å²) in [5.74, 6) is -0.563. The van der Waals surface area contributed by atoms with Crippen molar-refractivity contribution >= 4 is 20.6 Å². The first kappa shape index (κ1) is 12.7. The fourth-order valence-electron chi connectivity index (χ4n) is 0.868. The van der Waals surface area contributed by atoms with E-state index < -0.39 is 20.6 Å². The zero-order chi connectivity index (χ0) is 12.4. The Morgan fingerprint density at radius 3 is 2.00 bits per heavy atom. The molecule has 0 saturated carbocycles. The summed E-state index contributed by atoms with van der Waals surface area (Å²) in [7, 11) is -8.88. The predicted molar refractivity (Wildman–Crippen MR) is 52.6 cm³/mol. The second-order valence-electron chi connectivity index (χ2n) is 2.74. The average molecular weight is 270 g/mol. The normalized spacial score (nSPS) is 12.1. The molecule has 0 N–H and O–H groups in total. The largest absolute Gasteiger partial charge is 0.488 e. The molecule has 0 heterocycles. The first-order valence-electron chi connectivity index (χ1n) is 3.79. The second-order valence-corrected chi connectivity index (χ2v) is 5.27. The Morgan fingerprint density at radius 2 is 1.56 bits per heavy atom. The maximum absolute atomic E-state index is 12.1. The molecular weight excluding hydrogens is 263 g/mol.